The van der Waals surface area contributed by atoms with E-state index in [2.05, 4.69) is 36.8 Å². The van der Waals surface area contributed by atoms with E-state index in [1.165, 1.54) is 12.2 Å². The fourth-order valence-corrected chi connectivity index (χ4v) is 13.6. The largest absolute Gasteiger partial charge is 0.508 e. The molecule has 2 atom stereocenters. The number of fused-ring (bicyclic) bond motifs is 4. The molecular formula is C62H66F6N8O6. The van der Waals surface area contributed by atoms with Gasteiger partial charge in [-0.25, -0.2) is 9.97 Å². The van der Waals surface area contributed by atoms with Crippen LogP contribution in [0, 0.1) is 24.7 Å². The van der Waals surface area contributed by atoms with Crippen LogP contribution < -0.4 is 9.80 Å². The van der Waals surface area contributed by atoms with Crippen molar-refractivity contribution in [1.82, 2.24) is 29.6 Å². The number of benzene rings is 4. The number of pyridine rings is 2. The number of hydrogen-bond donors (Lipinski definition) is 4. The van der Waals surface area contributed by atoms with Gasteiger partial charge in [0.2, 0.25) is 11.8 Å². The van der Waals surface area contributed by atoms with E-state index in [1.54, 1.807) is 43.9 Å². The zero-order valence-electron chi connectivity index (χ0n) is 45.8. The highest BCUT2D eigenvalue weighted by atomic mass is 19.4. The Morgan fingerprint density at radius 2 is 0.988 bits per heavy atom. The van der Waals surface area contributed by atoms with Gasteiger partial charge in [0, 0.05) is 102 Å². The molecule has 4 saturated heterocycles. The van der Waals surface area contributed by atoms with Gasteiger partial charge in [-0.1, -0.05) is 61.7 Å². The van der Waals surface area contributed by atoms with E-state index < -0.39 is 37.7 Å². The molecule has 432 valence electrons. The smallest absolute Gasteiger partial charge is 0.415 e. The Balaban J connectivity index is 0.000000172. The van der Waals surface area contributed by atoms with E-state index in [0.29, 0.717) is 52.1 Å². The maximum Gasteiger partial charge on any atom is 0.415 e. The molecule has 12 rings (SSSR count). The summed E-state index contributed by atoms with van der Waals surface area (Å²) in [6.07, 6.45) is -8.69. The van der Waals surface area contributed by atoms with Crippen molar-refractivity contribution in [1.29, 1.82) is 0 Å². The number of likely N-dealkylation sites (tertiary alicyclic amines) is 2. The quantitative estimate of drug-likeness (QED) is 0.0764. The lowest BCUT2D eigenvalue weighted by atomic mass is 9.79. The Hall–Kier alpha value is -7.26. The number of carbonyl (C=O) groups is 2. The number of phenols is 2. The molecule has 0 aliphatic carbocycles. The molecule has 0 bridgehead atoms. The molecule has 4 fully saturated rings. The molecule has 0 unspecified atom stereocenters. The van der Waals surface area contributed by atoms with E-state index in [-0.39, 0.29) is 47.2 Å². The Bertz CT molecular complexity index is 3300. The zero-order chi connectivity index (χ0) is 58.2. The summed E-state index contributed by atoms with van der Waals surface area (Å²) >= 11 is 0. The van der Waals surface area contributed by atoms with E-state index in [0.717, 1.165) is 128 Å². The number of halogens is 6. The van der Waals surface area contributed by atoms with Crippen molar-refractivity contribution in [3.8, 4) is 33.8 Å². The van der Waals surface area contributed by atoms with Gasteiger partial charge in [0.25, 0.3) is 0 Å². The molecule has 6 aromatic rings. The third-order valence-electron chi connectivity index (χ3n) is 17.7. The van der Waals surface area contributed by atoms with Crippen molar-refractivity contribution >= 4 is 45.0 Å². The van der Waals surface area contributed by atoms with Gasteiger partial charge in [-0.2, -0.15) is 26.3 Å². The summed E-state index contributed by atoms with van der Waals surface area (Å²) in [5, 5.41) is 43.4. The number of aliphatic hydroxyl groups is 2. The minimum atomic E-state index is -4.68. The molecule has 6 aliphatic heterocycles. The summed E-state index contributed by atoms with van der Waals surface area (Å²) < 4.78 is 78.9. The minimum absolute atomic E-state index is 0.0112. The minimum Gasteiger partial charge on any atom is -0.508 e. The van der Waals surface area contributed by atoms with Crippen molar-refractivity contribution in [2.45, 2.75) is 77.2 Å². The summed E-state index contributed by atoms with van der Waals surface area (Å²) in [6.45, 7) is 17.1. The molecule has 0 saturated carbocycles. The molecule has 2 aromatic heterocycles. The number of aromatic nitrogens is 2. The summed E-state index contributed by atoms with van der Waals surface area (Å²) in [6, 6.07) is 22.4. The van der Waals surface area contributed by atoms with Crippen LogP contribution in [0.25, 0.3) is 43.8 Å². The van der Waals surface area contributed by atoms with Gasteiger partial charge in [-0.05, 0) is 142 Å². The van der Waals surface area contributed by atoms with Crippen molar-refractivity contribution in [3.05, 3.63) is 132 Å². The predicted molar refractivity (Wildman–Crippen MR) is 301 cm³/mol. The molecule has 8 heterocycles. The Morgan fingerprint density at radius 1 is 0.598 bits per heavy atom. The molecule has 4 aromatic carbocycles. The molecule has 6 aliphatic rings. The predicted octanol–water partition coefficient (Wildman–Crippen LogP) is 8.84. The normalized spacial score (nSPS) is 19.3. The fraction of sp³-hybridized carbons (Fsp3) is 0.419. The van der Waals surface area contributed by atoms with Gasteiger partial charge in [0.15, 0.2) is 12.2 Å². The van der Waals surface area contributed by atoms with Crippen LogP contribution in [0.15, 0.2) is 98.1 Å². The number of carbonyl (C=O) groups excluding carboxylic acids is 2. The molecule has 20 heteroatoms. The van der Waals surface area contributed by atoms with Crippen LogP contribution in [0.4, 0.5) is 38.0 Å². The molecule has 82 heavy (non-hydrogen) atoms. The van der Waals surface area contributed by atoms with Gasteiger partial charge in [-0.3, -0.25) is 19.4 Å². The second-order valence-corrected chi connectivity index (χ2v) is 23.4. The highest BCUT2D eigenvalue weighted by Crippen LogP contribution is 2.48. The van der Waals surface area contributed by atoms with Crippen molar-refractivity contribution in [2.24, 2.45) is 10.8 Å². The zero-order valence-corrected chi connectivity index (χ0v) is 45.8. The van der Waals surface area contributed by atoms with Crippen molar-refractivity contribution in [3.63, 3.8) is 0 Å². The standard InChI is InChI=1S/2C31H33F3N4O3/c2*1-3-27(41)38-17-30(18-38)10-12-37(16-30)29-19(2)28(23-6-4-5-20-13-21(39)7-8-22(20)23)24-9-11-36(14-25(24)35-29)15-26(40)31(32,33)34/h2*3-8,13,26,39-40H,1,9-12,14-18H2,2H3/t2*26-/m10/s1. The lowest BCUT2D eigenvalue weighted by molar-refractivity contribution is -0.209. The van der Waals surface area contributed by atoms with Crippen LogP contribution in [-0.4, -0.2) is 165 Å². The SMILES string of the molecule is C=CC(=O)N1CC2(CCN(c3nc4c(c(-c5cccc6cc(O)ccc56)c3C)CCN(C[C@@H](O)C(F)(F)F)C4)C2)C1.C=CC(=O)N1CC2(CCN(c3nc4c(c(-c5cccc6cc(O)ccc56)c3C)CCN(C[C@H](O)C(F)(F)F)C4)C2)C1. The number of amides is 2. The monoisotopic (exact) mass is 1130 g/mol. The van der Waals surface area contributed by atoms with Crippen LogP contribution in [0.5, 0.6) is 11.5 Å². The molecule has 2 amide bonds. The van der Waals surface area contributed by atoms with Crippen LogP contribution >= 0.6 is 0 Å². The first-order valence-electron chi connectivity index (χ1n) is 27.7. The molecule has 0 radical (unpaired) electrons. The second-order valence-electron chi connectivity index (χ2n) is 23.4. The number of nitrogens with zero attached hydrogens (tertiary/aromatic N) is 8. The lowest BCUT2D eigenvalue weighted by Crippen LogP contribution is -2.59. The number of phenolic OH excluding ortho intramolecular Hbond substituents is 2. The van der Waals surface area contributed by atoms with E-state index >= 15 is 0 Å². The third-order valence-corrected chi connectivity index (χ3v) is 17.7. The fourth-order valence-electron chi connectivity index (χ4n) is 13.6. The number of alkyl halides is 6. The highest BCUT2D eigenvalue weighted by molar-refractivity contribution is 6.01. The lowest BCUT2D eigenvalue weighted by Gasteiger charge is -2.47. The number of rotatable bonds is 10. The first-order chi connectivity index (χ1) is 39.0. The van der Waals surface area contributed by atoms with E-state index in [9.17, 15) is 56.4 Å². The van der Waals surface area contributed by atoms with Crippen molar-refractivity contribution in [2.75, 3.05) is 88.3 Å². The van der Waals surface area contributed by atoms with Gasteiger partial charge < -0.3 is 40.0 Å². The Labute approximate surface area is 471 Å². The molecule has 4 N–H and O–H groups in total. The topological polar surface area (TPSA) is 160 Å². The number of anilines is 2. The van der Waals surface area contributed by atoms with Crippen LogP contribution in [0.2, 0.25) is 0 Å². The van der Waals surface area contributed by atoms with Crippen LogP contribution in [-0.2, 0) is 35.5 Å². The van der Waals surface area contributed by atoms with Gasteiger partial charge in [0.05, 0.1) is 11.4 Å². The van der Waals surface area contributed by atoms with Crippen LogP contribution in [0.3, 0.4) is 0 Å². The molecular weight excluding hydrogens is 1070 g/mol. The molecule has 14 nitrogen and oxygen atoms in total. The summed E-state index contributed by atoms with van der Waals surface area (Å²) in [4.78, 5) is 45.6. The summed E-state index contributed by atoms with van der Waals surface area (Å²) in [5.74, 6) is 1.82. The molecule has 2 spiro atoms. The summed E-state index contributed by atoms with van der Waals surface area (Å²) in [5.41, 5.74) is 9.45. The van der Waals surface area contributed by atoms with E-state index in [1.807, 2.05) is 48.5 Å². The van der Waals surface area contributed by atoms with Gasteiger partial charge >= 0.3 is 12.4 Å². The number of aromatic hydroxyl groups is 2. The van der Waals surface area contributed by atoms with Crippen molar-refractivity contribution < 1.29 is 56.4 Å². The summed E-state index contributed by atoms with van der Waals surface area (Å²) in [7, 11) is 0. The third kappa shape index (κ3) is 10.7. The average molecular weight is 1130 g/mol. The van der Waals surface area contributed by atoms with Gasteiger partial charge in [0.1, 0.15) is 23.1 Å². The maximum absolute atomic E-state index is 13.1. The Kier molecular flexibility index (Phi) is 14.8. The number of hydrogen-bond acceptors (Lipinski definition) is 12. The second kappa shape index (κ2) is 21.5. The van der Waals surface area contributed by atoms with Crippen LogP contribution in [0.1, 0.15) is 46.5 Å². The highest BCUT2D eigenvalue weighted by Gasteiger charge is 2.51. The Morgan fingerprint density at radius 3 is 1.35 bits per heavy atom. The van der Waals surface area contributed by atoms with Gasteiger partial charge in [-0.15, -0.1) is 0 Å². The average Bonchev–Trinajstić information content (AvgIpc) is 4.27. The first-order valence-corrected chi connectivity index (χ1v) is 27.7. The number of aliphatic hydroxyl groups excluding tert-OH is 2. The van der Waals surface area contributed by atoms with E-state index in [4.69, 9.17) is 9.97 Å². The number of β-amino-alcohol motifs (C(OH)–C–C–N with tert-alkyl or cyclic N) is 2. The maximum atomic E-state index is 13.1. The first kappa shape index (κ1) is 56.6.